The predicted molar refractivity (Wildman–Crippen MR) is 89.1 cm³/mol. The Bertz CT molecular complexity index is 1010. The van der Waals surface area contributed by atoms with Gasteiger partial charge in [-0.3, -0.25) is 9.67 Å². The molecule has 1 aromatic carbocycles. The molecule has 3 heterocycles. The van der Waals surface area contributed by atoms with Crippen molar-refractivity contribution >= 4 is 11.1 Å². The van der Waals surface area contributed by atoms with Crippen LogP contribution in [0.3, 0.4) is 0 Å². The van der Waals surface area contributed by atoms with Gasteiger partial charge >= 0.3 is 0 Å². The maximum Gasteiger partial charge on any atom is 0.231 e. The highest BCUT2D eigenvalue weighted by Crippen LogP contribution is 2.26. The zero-order valence-electron chi connectivity index (χ0n) is 13.7. The number of methoxy groups -OCH3 is 1. The number of nitrogens with zero attached hydrogens (tertiary/aromatic N) is 5. The van der Waals surface area contributed by atoms with E-state index >= 15 is 0 Å². The zero-order valence-corrected chi connectivity index (χ0v) is 13.7. The zero-order chi connectivity index (χ0) is 17.2. The van der Waals surface area contributed by atoms with Crippen molar-refractivity contribution in [3.05, 3.63) is 48.7 Å². The lowest BCUT2D eigenvalue weighted by Crippen LogP contribution is -1.99. The minimum Gasteiger partial charge on any atom is -0.487 e. The maximum absolute atomic E-state index is 5.75. The van der Waals surface area contributed by atoms with Gasteiger partial charge in [-0.25, -0.2) is 9.97 Å². The first-order valence-corrected chi connectivity index (χ1v) is 7.58. The Morgan fingerprint density at radius 3 is 2.80 bits per heavy atom. The Balaban J connectivity index is 1.52. The van der Waals surface area contributed by atoms with E-state index in [4.69, 9.17) is 13.9 Å². The monoisotopic (exact) mass is 337 g/mol. The minimum atomic E-state index is 0.301. The molecule has 0 aliphatic heterocycles. The number of ether oxygens (including phenoxy) is 2. The molecule has 0 spiro atoms. The van der Waals surface area contributed by atoms with Crippen LogP contribution in [0.25, 0.3) is 22.6 Å². The first kappa shape index (κ1) is 15.1. The van der Waals surface area contributed by atoms with E-state index in [0.29, 0.717) is 35.4 Å². The maximum atomic E-state index is 5.75. The fraction of sp³-hybridized carbons (Fsp3) is 0.176. The van der Waals surface area contributed by atoms with Gasteiger partial charge in [0.05, 0.1) is 37.0 Å². The van der Waals surface area contributed by atoms with Crippen LogP contribution in [0.4, 0.5) is 0 Å². The van der Waals surface area contributed by atoms with Gasteiger partial charge in [-0.05, 0) is 12.1 Å². The van der Waals surface area contributed by atoms with Gasteiger partial charge in [-0.2, -0.15) is 5.10 Å². The average Bonchev–Trinajstić information content (AvgIpc) is 3.25. The third-order valence-corrected chi connectivity index (χ3v) is 3.59. The first-order chi connectivity index (χ1) is 12.2. The van der Waals surface area contributed by atoms with Crippen LogP contribution in [-0.2, 0) is 13.7 Å². The van der Waals surface area contributed by atoms with Crippen LogP contribution in [0.2, 0.25) is 0 Å². The Morgan fingerprint density at radius 2 is 2.08 bits per heavy atom. The second-order valence-corrected chi connectivity index (χ2v) is 5.39. The predicted octanol–water partition coefficient (Wildman–Crippen LogP) is 2.61. The van der Waals surface area contributed by atoms with Crippen molar-refractivity contribution < 1.29 is 13.9 Å². The molecule has 0 atom stereocenters. The van der Waals surface area contributed by atoms with Crippen molar-refractivity contribution in [1.29, 1.82) is 0 Å². The smallest absolute Gasteiger partial charge is 0.231 e. The van der Waals surface area contributed by atoms with E-state index in [0.717, 1.165) is 11.1 Å². The Hall–Kier alpha value is -3.42. The summed E-state index contributed by atoms with van der Waals surface area (Å²) in [5, 5.41) is 4.13. The van der Waals surface area contributed by atoms with Crippen molar-refractivity contribution in [2.24, 2.45) is 7.05 Å². The standard InChI is InChI=1S/C17H15N5O3/c1-22-9-11(6-20-22)17-21-14-5-13(3-4-15(14)25-17)24-10-12-7-19-16(23-2)8-18-12/h3-9H,10H2,1-2H3. The fourth-order valence-electron chi connectivity index (χ4n) is 2.33. The number of aryl methyl sites for hydroxylation is 1. The van der Waals surface area contributed by atoms with Crippen LogP contribution >= 0.6 is 0 Å². The quantitative estimate of drug-likeness (QED) is 0.553. The molecule has 0 fully saturated rings. The molecule has 0 aliphatic carbocycles. The van der Waals surface area contributed by atoms with E-state index < -0.39 is 0 Å². The minimum absolute atomic E-state index is 0.301. The molecule has 0 radical (unpaired) electrons. The number of fused-ring (bicyclic) bond motifs is 1. The van der Waals surface area contributed by atoms with Crippen LogP contribution < -0.4 is 9.47 Å². The SMILES string of the molecule is COc1cnc(COc2ccc3oc(-c4cnn(C)c4)nc3c2)cn1. The van der Waals surface area contributed by atoms with Gasteiger partial charge in [0.2, 0.25) is 11.8 Å². The van der Waals surface area contributed by atoms with E-state index in [1.165, 1.54) is 0 Å². The largest absolute Gasteiger partial charge is 0.487 e. The van der Waals surface area contributed by atoms with Gasteiger partial charge in [0.25, 0.3) is 0 Å². The summed E-state index contributed by atoms with van der Waals surface area (Å²) in [7, 11) is 3.40. The molecule has 8 nitrogen and oxygen atoms in total. The summed E-state index contributed by atoms with van der Waals surface area (Å²) < 4.78 is 18.2. The molecule has 0 unspecified atom stereocenters. The van der Waals surface area contributed by atoms with E-state index in [1.54, 1.807) is 30.4 Å². The van der Waals surface area contributed by atoms with E-state index in [2.05, 4.69) is 20.1 Å². The van der Waals surface area contributed by atoms with E-state index in [-0.39, 0.29) is 0 Å². The summed E-state index contributed by atoms with van der Waals surface area (Å²) in [5.74, 6) is 1.67. The molecule has 25 heavy (non-hydrogen) atoms. The number of benzene rings is 1. The van der Waals surface area contributed by atoms with Crippen LogP contribution in [0.5, 0.6) is 11.6 Å². The third-order valence-electron chi connectivity index (χ3n) is 3.59. The average molecular weight is 337 g/mol. The normalized spacial score (nSPS) is 11.0. The summed E-state index contributed by atoms with van der Waals surface area (Å²) in [6.45, 7) is 0.301. The van der Waals surface area contributed by atoms with Crippen molar-refractivity contribution in [3.8, 4) is 23.1 Å². The highest BCUT2D eigenvalue weighted by atomic mass is 16.5. The van der Waals surface area contributed by atoms with Crippen LogP contribution in [-0.4, -0.2) is 31.8 Å². The number of rotatable bonds is 5. The fourth-order valence-corrected chi connectivity index (χ4v) is 2.33. The van der Waals surface area contributed by atoms with Crippen molar-refractivity contribution in [3.63, 3.8) is 0 Å². The Morgan fingerprint density at radius 1 is 1.16 bits per heavy atom. The number of hydrogen-bond acceptors (Lipinski definition) is 7. The summed E-state index contributed by atoms with van der Waals surface area (Å²) >= 11 is 0. The molecule has 8 heteroatoms. The number of oxazole rings is 1. The molecule has 4 rings (SSSR count). The van der Waals surface area contributed by atoms with E-state index in [1.807, 2.05) is 31.4 Å². The summed E-state index contributed by atoms with van der Waals surface area (Å²) in [6.07, 6.45) is 6.74. The van der Waals surface area contributed by atoms with Crippen molar-refractivity contribution in [1.82, 2.24) is 24.7 Å². The van der Waals surface area contributed by atoms with Crippen LogP contribution in [0, 0.1) is 0 Å². The van der Waals surface area contributed by atoms with Gasteiger partial charge in [0, 0.05) is 19.3 Å². The van der Waals surface area contributed by atoms with Crippen molar-refractivity contribution in [2.45, 2.75) is 6.61 Å². The van der Waals surface area contributed by atoms with Crippen LogP contribution in [0.15, 0.2) is 47.4 Å². The molecule has 0 aliphatic rings. The molecule has 0 amide bonds. The molecule has 126 valence electrons. The molecule has 0 saturated carbocycles. The number of aromatic nitrogens is 5. The third kappa shape index (κ3) is 3.14. The second kappa shape index (κ2) is 6.23. The van der Waals surface area contributed by atoms with Gasteiger partial charge in [0.1, 0.15) is 17.9 Å². The molecule has 0 bridgehead atoms. The molecular weight excluding hydrogens is 322 g/mol. The lowest BCUT2D eigenvalue weighted by atomic mass is 10.3. The van der Waals surface area contributed by atoms with Gasteiger partial charge in [0.15, 0.2) is 5.58 Å². The molecule has 4 aromatic rings. The summed E-state index contributed by atoms with van der Waals surface area (Å²) in [4.78, 5) is 12.8. The molecule has 0 N–H and O–H groups in total. The second-order valence-electron chi connectivity index (χ2n) is 5.39. The lowest BCUT2D eigenvalue weighted by Gasteiger charge is -2.05. The summed E-state index contributed by atoms with van der Waals surface area (Å²) in [5.41, 5.74) is 2.94. The highest BCUT2D eigenvalue weighted by Gasteiger charge is 2.11. The van der Waals surface area contributed by atoms with Gasteiger partial charge in [-0.1, -0.05) is 0 Å². The van der Waals surface area contributed by atoms with Gasteiger partial charge in [-0.15, -0.1) is 0 Å². The van der Waals surface area contributed by atoms with E-state index in [9.17, 15) is 0 Å². The molecular formula is C17H15N5O3. The number of hydrogen-bond donors (Lipinski definition) is 0. The topological polar surface area (TPSA) is 88.1 Å². The summed E-state index contributed by atoms with van der Waals surface area (Å²) in [6, 6.07) is 5.49. The Kier molecular flexibility index (Phi) is 3.77. The van der Waals surface area contributed by atoms with Crippen molar-refractivity contribution in [2.75, 3.05) is 7.11 Å². The van der Waals surface area contributed by atoms with Crippen LogP contribution in [0.1, 0.15) is 5.69 Å². The Labute approximate surface area is 143 Å². The molecule has 0 saturated heterocycles. The highest BCUT2D eigenvalue weighted by molar-refractivity contribution is 5.77. The first-order valence-electron chi connectivity index (χ1n) is 7.58. The molecule has 3 aromatic heterocycles. The lowest BCUT2D eigenvalue weighted by molar-refractivity contribution is 0.300. The van der Waals surface area contributed by atoms with Gasteiger partial charge < -0.3 is 13.9 Å².